The minimum atomic E-state index is -3.84. The molecule has 1 fully saturated rings. The monoisotopic (exact) mass is 469 g/mol. The first kappa shape index (κ1) is 22.6. The lowest BCUT2D eigenvalue weighted by Crippen LogP contribution is -2.48. The summed E-state index contributed by atoms with van der Waals surface area (Å²) in [6.07, 6.45) is 0. The molecule has 33 heavy (non-hydrogen) atoms. The maximum Gasteiger partial charge on any atom is 0.262 e. The molecule has 0 aromatic heterocycles. The third-order valence-electron chi connectivity index (χ3n) is 5.52. The van der Waals surface area contributed by atoms with Crippen LogP contribution in [0.15, 0.2) is 77.7 Å². The normalized spacial score (nSPS) is 14.1. The first-order valence-electron chi connectivity index (χ1n) is 10.4. The minimum absolute atomic E-state index is 0.0473. The first-order valence-corrected chi connectivity index (χ1v) is 11.9. The molecule has 1 N–H and O–H groups in total. The van der Waals surface area contributed by atoms with Crippen LogP contribution in [-0.2, 0) is 10.0 Å². The van der Waals surface area contributed by atoms with E-state index in [4.69, 9.17) is 4.74 Å². The molecule has 1 aliphatic rings. The van der Waals surface area contributed by atoms with E-state index >= 15 is 0 Å². The van der Waals surface area contributed by atoms with Crippen molar-refractivity contribution in [3.05, 3.63) is 84.2 Å². The Morgan fingerprint density at radius 1 is 0.909 bits per heavy atom. The number of benzene rings is 3. The number of halogens is 1. The topological polar surface area (TPSA) is 78.9 Å². The molecule has 0 spiro atoms. The predicted molar refractivity (Wildman–Crippen MR) is 125 cm³/mol. The number of amides is 1. The summed E-state index contributed by atoms with van der Waals surface area (Å²) in [5.41, 5.74) is 1.67. The number of carbonyl (C=O) groups is 1. The number of carbonyl (C=O) groups excluding carboxylic acids is 1. The van der Waals surface area contributed by atoms with Crippen LogP contribution in [0.25, 0.3) is 0 Å². The third-order valence-corrected chi connectivity index (χ3v) is 6.90. The summed E-state index contributed by atoms with van der Waals surface area (Å²) in [5, 5.41) is 0. The third kappa shape index (κ3) is 5.09. The number of hydrogen-bond acceptors (Lipinski definition) is 5. The molecule has 1 aliphatic heterocycles. The molecular formula is C24H24FN3O4S. The van der Waals surface area contributed by atoms with E-state index in [1.165, 1.54) is 43.5 Å². The van der Waals surface area contributed by atoms with Crippen LogP contribution in [0.3, 0.4) is 0 Å². The number of nitrogens with one attached hydrogen (secondary N) is 1. The highest BCUT2D eigenvalue weighted by Gasteiger charge is 2.23. The fourth-order valence-electron chi connectivity index (χ4n) is 3.71. The smallest absolute Gasteiger partial charge is 0.262 e. The maximum absolute atomic E-state index is 13.1. The van der Waals surface area contributed by atoms with Crippen molar-refractivity contribution in [2.24, 2.45) is 0 Å². The summed E-state index contributed by atoms with van der Waals surface area (Å²) in [6.45, 7) is 2.30. The Morgan fingerprint density at radius 3 is 2.18 bits per heavy atom. The van der Waals surface area contributed by atoms with Crippen molar-refractivity contribution in [3.8, 4) is 5.75 Å². The zero-order valence-corrected chi connectivity index (χ0v) is 18.9. The number of methoxy groups -OCH3 is 1. The molecule has 0 saturated carbocycles. The molecule has 1 heterocycles. The fraction of sp³-hybridized carbons (Fsp3) is 0.208. The van der Waals surface area contributed by atoms with Crippen LogP contribution in [0.2, 0.25) is 0 Å². The molecular weight excluding hydrogens is 445 g/mol. The second kappa shape index (κ2) is 9.50. The van der Waals surface area contributed by atoms with E-state index in [9.17, 15) is 17.6 Å². The Hall–Kier alpha value is -3.59. The van der Waals surface area contributed by atoms with E-state index in [-0.39, 0.29) is 16.6 Å². The summed E-state index contributed by atoms with van der Waals surface area (Å²) >= 11 is 0. The Bertz CT molecular complexity index is 1220. The van der Waals surface area contributed by atoms with Crippen LogP contribution in [0.4, 0.5) is 15.8 Å². The van der Waals surface area contributed by atoms with Crippen molar-refractivity contribution in [3.63, 3.8) is 0 Å². The van der Waals surface area contributed by atoms with Crippen LogP contribution in [0.1, 0.15) is 10.4 Å². The van der Waals surface area contributed by atoms with Crippen molar-refractivity contribution in [1.29, 1.82) is 0 Å². The Labute approximate surface area is 192 Å². The number of anilines is 2. The lowest BCUT2D eigenvalue weighted by molar-refractivity contribution is 0.0746. The SMILES string of the molecule is COc1ccccc1NS(=O)(=O)c1ccc(C(=O)N2CCN(c3ccc(F)cc3)CC2)cc1. The summed E-state index contributed by atoms with van der Waals surface area (Å²) in [5.74, 6) is -0.0285. The average molecular weight is 470 g/mol. The highest BCUT2D eigenvalue weighted by molar-refractivity contribution is 7.92. The number of piperazine rings is 1. The van der Waals surface area contributed by atoms with E-state index in [2.05, 4.69) is 9.62 Å². The van der Waals surface area contributed by atoms with Gasteiger partial charge in [-0.1, -0.05) is 12.1 Å². The van der Waals surface area contributed by atoms with Gasteiger partial charge in [-0.15, -0.1) is 0 Å². The van der Waals surface area contributed by atoms with Gasteiger partial charge in [-0.25, -0.2) is 12.8 Å². The van der Waals surface area contributed by atoms with E-state index in [0.29, 0.717) is 43.2 Å². The molecule has 0 bridgehead atoms. The second-order valence-electron chi connectivity index (χ2n) is 7.59. The van der Waals surface area contributed by atoms with Gasteiger partial charge >= 0.3 is 0 Å². The Kier molecular flexibility index (Phi) is 6.50. The second-order valence-corrected chi connectivity index (χ2v) is 9.27. The highest BCUT2D eigenvalue weighted by Crippen LogP contribution is 2.26. The Balaban J connectivity index is 1.40. The molecule has 0 aliphatic carbocycles. The van der Waals surface area contributed by atoms with Crippen molar-refractivity contribution in [2.75, 3.05) is 42.9 Å². The lowest BCUT2D eigenvalue weighted by atomic mass is 10.1. The number of nitrogens with zero attached hydrogens (tertiary/aromatic N) is 2. The van der Waals surface area contributed by atoms with E-state index in [1.54, 1.807) is 41.3 Å². The fourth-order valence-corrected chi connectivity index (χ4v) is 4.78. The quantitative estimate of drug-likeness (QED) is 0.597. The average Bonchev–Trinajstić information content (AvgIpc) is 2.84. The van der Waals surface area contributed by atoms with Crippen molar-refractivity contribution in [1.82, 2.24) is 4.90 Å². The van der Waals surface area contributed by atoms with E-state index in [0.717, 1.165) is 5.69 Å². The standard InChI is InChI=1S/C24H24FN3O4S/c1-32-23-5-3-2-4-22(23)26-33(30,31)21-12-6-18(7-13-21)24(29)28-16-14-27(15-17-28)20-10-8-19(25)9-11-20/h2-13,26H,14-17H2,1H3. The molecule has 0 atom stereocenters. The van der Waals surface area contributed by atoms with Gasteiger partial charge < -0.3 is 14.5 Å². The van der Waals surface area contributed by atoms with Crippen LogP contribution < -0.4 is 14.4 Å². The van der Waals surface area contributed by atoms with Crippen LogP contribution >= 0.6 is 0 Å². The zero-order valence-electron chi connectivity index (χ0n) is 18.1. The van der Waals surface area contributed by atoms with Crippen LogP contribution in [-0.4, -0.2) is 52.5 Å². The van der Waals surface area contributed by atoms with Gasteiger partial charge in [0.2, 0.25) is 0 Å². The van der Waals surface area contributed by atoms with Gasteiger partial charge in [0, 0.05) is 37.4 Å². The number of sulfonamides is 1. The predicted octanol–water partition coefficient (Wildman–Crippen LogP) is 3.60. The lowest BCUT2D eigenvalue weighted by Gasteiger charge is -2.36. The molecule has 1 saturated heterocycles. The summed E-state index contributed by atoms with van der Waals surface area (Å²) in [4.78, 5) is 16.8. The molecule has 0 radical (unpaired) electrons. The molecule has 3 aromatic rings. The molecule has 1 amide bonds. The largest absolute Gasteiger partial charge is 0.495 e. The Morgan fingerprint density at radius 2 is 1.55 bits per heavy atom. The van der Waals surface area contributed by atoms with Crippen molar-refractivity contribution < 1.29 is 22.3 Å². The molecule has 0 unspecified atom stereocenters. The minimum Gasteiger partial charge on any atom is -0.495 e. The zero-order chi connectivity index (χ0) is 23.4. The number of para-hydroxylation sites is 2. The van der Waals surface area contributed by atoms with Crippen molar-refractivity contribution >= 4 is 27.3 Å². The summed E-state index contributed by atoms with van der Waals surface area (Å²) in [7, 11) is -2.38. The maximum atomic E-state index is 13.1. The van der Waals surface area contributed by atoms with Crippen LogP contribution in [0.5, 0.6) is 5.75 Å². The molecule has 9 heteroatoms. The van der Waals surface area contributed by atoms with E-state index in [1.807, 2.05) is 0 Å². The van der Waals surface area contributed by atoms with Gasteiger partial charge in [-0.05, 0) is 60.7 Å². The van der Waals surface area contributed by atoms with E-state index < -0.39 is 10.0 Å². The first-order chi connectivity index (χ1) is 15.9. The summed E-state index contributed by atoms with van der Waals surface area (Å²) < 4.78 is 46.3. The molecule has 4 rings (SSSR count). The van der Waals surface area contributed by atoms with Crippen molar-refractivity contribution in [2.45, 2.75) is 4.90 Å². The molecule has 7 nitrogen and oxygen atoms in total. The van der Waals surface area contributed by atoms with Gasteiger partial charge in [0.05, 0.1) is 17.7 Å². The van der Waals surface area contributed by atoms with Gasteiger partial charge in [-0.2, -0.15) is 0 Å². The number of ether oxygens (including phenoxy) is 1. The molecule has 172 valence electrons. The number of hydrogen-bond donors (Lipinski definition) is 1. The highest BCUT2D eigenvalue weighted by atomic mass is 32.2. The summed E-state index contributed by atoms with van der Waals surface area (Å²) in [6, 6.07) is 18.9. The van der Waals surface area contributed by atoms with Gasteiger partial charge in [-0.3, -0.25) is 9.52 Å². The molecule has 3 aromatic carbocycles. The van der Waals surface area contributed by atoms with Gasteiger partial charge in [0.1, 0.15) is 11.6 Å². The van der Waals surface area contributed by atoms with Crippen LogP contribution in [0, 0.1) is 5.82 Å². The van der Waals surface area contributed by atoms with Gasteiger partial charge in [0.25, 0.3) is 15.9 Å². The van der Waals surface area contributed by atoms with Gasteiger partial charge in [0.15, 0.2) is 0 Å². The number of rotatable bonds is 6.